The Balaban J connectivity index is 2.72. The first-order valence-corrected chi connectivity index (χ1v) is 4.44. The second-order valence-corrected chi connectivity index (χ2v) is 3.25. The molecule has 2 rings (SSSR count). The van der Waals surface area contributed by atoms with E-state index in [1.54, 1.807) is 6.20 Å². The molecule has 0 aliphatic heterocycles. The zero-order valence-corrected chi connectivity index (χ0v) is 8.01. The zero-order chi connectivity index (χ0) is 10.1. The number of aryl methyl sites for hydroxylation is 1. The third kappa shape index (κ3) is 1.22. The second-order valence-electron chi connectivity index (χ2n) is 3.25. The molecule has 1 unspecified atom stereocenters. The molecule has 0 saturated heterocycles. The summed E-state index contributed by atoms with van der Waals surface area (Å²) in [4.78, 5) is 4.24. The van der Waals surface area contributed by atoms with E-state index in [4.69, 9.17) is 0 Å². The van der Waals surface area contributed by atoms with Crippen molar-refractivity contribution in [3.05, 3.63) is 42.7 Å². The third-order valence-corrected chi connectivity index (χ3v) is 2.31. The van der Waals surface area contributed by atoms with Crippen molar-refractivity contribution in [2.45, 2.75) is 6.10 Å². The second kappa shape index (κ2) is 3.27. The van der Waals surface area contributed by atoms with Crippen LogP contribution in [0.25, 0.3) is 11.0 Å². The summed E-state index contributed by atoms with van der Waals surface area (Å²) in [6.45, 7) is 3.57. The van der Waals surface area contributed by atoms with E-state index in [1.165, 1.54) is 6.08 Å². The maximum absolute atomic E-state index is 9.68. The maximum atomic E-state index is 9.68. The summed E-state index contributed by atoms with van der Waals surface area (Å²) in [6.07, 6.45) is 4.51. The monoisotopic (exact) mass is 188 g/mol. The van der Waals surface area contributed by atoms with Crippen molar-refractivity contribution in [1.29, 1.82) is 0 Å². The molecule has 0 aliphatic rings. The quantitative estimate of drug-likeness (QED) is 0.730. The Bertz CT molecular complexity index is 473. The number of aromatic nitrogens is 2. The number of aliphatic hydroxyl groups is 1. The SMILES string of the molecule is C=CC(O)c1cn(C)c2ncccc12. The number of fused-ring (bicyclic) bond motifs is 1. The fourth-order valence-electron chi connectivity index (χ4n) is 1.61. The van der Waals surface area contributed by atoms with E-state index in [2.05, 4.69) is 11.6 Å². The summed E-state index contributed by atoms with van der Waals surface area (Å²) in [6, 6.07) is 3.81. The van der Waals surface area contributed by atoms with Crippen molar-refractivity contribution in [3.8, 4) is 0 Å². The number of hydrogen-bond donors (Lipinski definition) is 1. The van der Waals surface area contributed by atoms with Crippen LogP contribution < -0.4 is 0 Å². The Labute approximate surface area is 82.3 Å². The molecule has 2 aromatic rings. The minimum absolute atomic E-state index is 0.622. The lowest BCUT2D eigenvalue weighted by Gasteiger charge is -2.01. The highest BCUT2D eigenvalue weighted by Gasteiger charge is 2.11. The van der Waals surface area contributed by atoms with Crippen molar-refractivity contribution in [1.82, 2.24) is 9.55 Å². The number of hydrogen-bond acceptors (Lipinski definition) is 2. The van der Waals surface area contributed by atoms with Gasteiger partial charge in [0.2, 0.25) is 0 Å². The molecule has 1 N–H and O–H groups in total. The van der Waals surface area contributed by atoms with Crippen LogP contribution in [-0.2, 0) is 7.05 Å². The Kier molecular flexibility index (Phi) is 2.09. The van der Waals surface area contributed by atoms with Crippen LogP contribution >= 0.6 is 0 Å². The average molecular weight is 188 g/mol. The molecule has 0 aromatic carbocycles. The molecule has 0 aliphatic carbocycles. The molecule has 0 amide bonds. The Morgan fingerprint density at radius 2 is 2.43 bits per heavy atom. The predicted octanol–water partition coefficient (Wildman–Crippen LogP) is 1.79. The van der Waals surface area contributed by atoms with E-state index in [0.717, 1.165) is 16.6 Å². The first-order chi connectivity index (χ1) is 6.74. The van der Waals surface area contributed by atoms with Gasteiger partial charge in [0.15, 0.2) is 0 Å². The molecule has 0 fully saturated rings. The maximum Gasteiger partial charge on any atom is 0.139 e. The Hall–Kier alpha value is -1.61. The highest BCUT2D eigenvalue weighted by atomic mass is 16.3. The molecule has 0 spiro atoms. The average Bonchev–Trinajstić information content (AvgIpc) is 2.56. The van der Waals surface area contributed by atoms with Gasteiger partial charge in [-0.15, -0.1) is 6.58 Å². The Morgan fingerprint density at radius 3 is 3.14 bits per heavy atom. The van der Waals surface area contributed by atoms with Gasteiger partial charge in [0, 0.05) is 30.4 Å². The topological polar surface area (TPSA) is 38.0 Å². The molecular formula is C11H12N2O. The van der Waals surface area contributed by atoms with E-state index < -0.39 is 6.10 Å². The number of pyridine rings is 1. The molecule has 72 valence electrons. The smallest absolute Gasteiger partial charge is 0.139 e. The lowest BCUT2D eigenvalue weighted by Crippen LogP contribution is -1.90. The van der Waals surface area contributed by atoms with Crippen LogP contribution in [0, 0.1) is 0 Å². The summed E-state index contributed by atoms with van der Waals surface area (Å²) < 4.78 is 1.90. The summed E-state index contributed by atoms with van der Waals surface area (Å²) in [5.74, 6) is 0. The normalized spacial score (nSPS) is 13.0. The van der Waals surface area contributed by atoms with E-state index >= 15 is 0 Å². The highest BCUT2D eigenvalue weighted by molar-refractivity contribution is 5.80. The van der Waals surface area contributed by atoms with Crippen LogP contribution in [0.3, 0.4) is 0 Å². The third-order valence-electron chi connectivity index (χ3n) is 2.31. The molecule has 2 heterocycles. The molecule has 3 heteroatoms. The van der Waals surface area contributed by atoms with Gasteiger partial charge < -0.3 is 9.67 Å². The van der Waals surface area contributed by atoms with E-state index in [0.29, 0.717) is 0 Å². The van der Waals surface area contributed by atoms with Crippen molar-refractivity contribution in [2.24, 2.45) is 7.05 Å². The van der Waals surface area contributed by atoms with Gasteiger partial charge in [0.05, 0.1) is 6.10 Å². The van der Waals surface area contributed by atoms with Crippen LogP contribution in [-0.4, -0.2) is 14.7 Å². The fraction of sp³-hybridized carbons (Fsp3) is 0.182. The summed E-state index contributed by atoms with van der Waals surface area (Å²) in [5.41, 5.74) is 1.73. The van der Waals surface area contributed by atoms with Gasteiger partial charge in [-0.2, -0.15) is 0 Å². The Morgan fingerprint density at radius 1 is 1.64 bits per heavy atom. The van der Waals surface area contributed by atoms with Crippen LogP contribution in [0.15, 0.2) is 37.2 Å². The van der Waals surface area contributed by atoms with E-state index in [1.807, 2.05) is 29.9 Å². The van der Waals surface area contributed by atoms with Gasteiger partial charge in [0.1, 0.15) is 5.65 Å². The van der Waals surface area contributed by atoms with Crippen molar-refractivity contribution >= 4 is 11.0 Å². The van der Waals surface area contributed by atoms with Gasteiger partial charge in [-0.25, -0.2) is 4.98 Å². The van der Waals surface area contributed by atoms with Crippen molar-refractivity contribution in [2.75, 3.05) is 0 Å². The highest BCUT2D eigenvalue weighted by Crippen LogP contribution is 2.24. The van der Waals surface area contributed by atoms with Gasteiger partial charge >= 0.3 is 0 Å². The molecule has 14 heavy (non-hydrogen) atoms. The number of rotatable bonds is 2. The van der Waals surface area contributed by atoms with Gasteiger partial charge in [-0.05, 0) is 12.1 Å². The lowest BCUT2D eigenvalue weighted by molar-refractivity contribution is 0.230. The largest absolute Gasteiger partial charge is 0.384 e. The molecule has 0 saturated carbocycles. The molecule has 3 nitrogen and oxygen atoms in total. The van der Waals surface area contributed by atoms with Crippen molar-refractivity contribution in [3.63, 3.8) is 0 Å². The van der Waals surface area contributed by atoms with Crippen LogP contribution in [0.1, 0.15) is 11.7 Å². The van der Waals surface area contributed by atoms with Gasteiger partial charge in [-0.1, -0.05) is 6.08 Å². The number of aliphatic hydroxyl groups excluding tert-OH is 1. The molecular weight excluding hydrogens is 176 g/mol. The van der Waals surface area contributed by atoms with Crippen LogP contribution in [0.5, 0.6) is 0 Å². The zero-order valence-electron chi connectivity index (χ0n) is 8.01. The van der Waals surface area contributed by atoms with Crippen LogP contribution in [0.2, 0.25) is 0 Å². The van der Waals surface area contributed by atoms with E-state index in [9.17, 15) is 5.11 Å². The van der Waals surface area contributed by atoms with Gasteiger partial charge in [0.25, 0.3) is 0 Å². The molecule has 1 atom stereocenters. The van der Waals surface area contributed by atoms with Crippen molar-refractivity contribution < 1.29 is 5.11 Å². The number of nitrogens with zero attached hydrogens (tertiary/aromatic N) is 2. The first-order valence-electron chi connectivity index (χ1n) is 4.44. The molecule has 2 aromatic heterocycles. The summed E-state index contributed by atoms with van der Waals surface area (Å²) in [5, 5.41) is 10.7. The van der Waals surface area contributed by atoms with Gasteiger partial charge in [-0.3, -0.25) is 0 Å². The fourth-order valence-corrected chi connectivity index (χ4v) is 1.61. The lowest BCUT2D eigenvalue weighted by atomic mass is 10.1. The molecule has 0 bridgehead atoms. The predicted molar refractivity (Wildman–Crippen MR) is 55.9 cm³/mol. The minimum atomic E-state index is -0.622. The molecule has 0 radical (unpaired) electrons. The van der Waals surface area contributed by atoms with Crippen LogP contribution in [0.4, 0.5) is 0 Å². The summed E-state index contributed by atoms with van der Waals surface area (Å²) >= 11 is 0. The minimum Gasteiger partial charge on any atom is -0.384 e. The first kappa shape index (κ1) is 8.97. The standard InChI is InChI=1S/C11H12N2O/c1-3-10(14)9-7-13(2)11-8(9)5-4-6-12-11/h3-7,10,14H,1H2,2H3. The van der Waals surface area contributed by atoms with E-state index in [-0.39, 0.29) is 0 Å². The summed E-state index contributed by atoms with van der Waals surface area (Å²) in [7, 11) is 1.91.